The molecule has 0 spiro atoms. The highest BCUT2D eigenvalue weighted by atomic mass is 19.1. The quantitative estimate of drug-likeness (QED) is 0.150. The number of rotatable bonds is 7. The molecule has 2 aromatic carbocycles. The van der Waals surface area contributed by atoms with Crippen LogP contribution in [0.15, 0.2) is 49.2 Å². The first-order valence-electron chi connectivity index (χ1n) is 17.3. The van der Waals surface area contributed by atoms with E-state index in [9.17, 15) is 13.6 Å². The molecule has 51 heavy (non-hydrogen) atoms. The largest absolute Gasteiger partial charge is 0.461 e. The van der Waals surface area contributed by atoms with Gasteiger partial charge in [0.2, 0.25) is 0 Å². The Morgan fingerprint density at radius 1 is 1.22 bits per heavy atom. The standard InChI is InChI=1S/C39H41F3N6O3/c1-7-25-28(41)14-13-23-11-9-12-26(31(23)25)33-32(42)34-27(20-43-33)35(45-36(44-34)50-22-39-16-10-17-47(39)21-24(40)19-39)46(6)30-15-18-48(29(30)8-2)37(49)51-38(3,4)5/h1,8-9,11-14,20,24,29-30H,2,10,15-19,21-22H2,3-6H3/t24-,29-,30-,39+/m1/s1. The van der Waals surface area contributed by atoms with Crippen LogP contribution in [-0.2, 0) is 4.74 Å². The predicted molar refractivity (Wildman–Crippen MR) is 190 cm³/mol. The number of halogens is 3. The number of ether oxygens (including phenoxy) is 2. The third-order valence-corrected chi connectivity index (χ3v) is 10.4. The Morgan fingerprint density at radius 3 is 2.76 bits per heavy atom. The highest BCUT2D eigenvalue weighted by Crippen LogP contribution is 2.41. The summed E-state index contributed by atoms with van der Waals surface area (Å²) in [5, 5.41) is 1.29. The van der Waals surface area contributed by atoms with Crippen LogP contribution in [0.2, 0.25) is 0 Å². The van der Waals surface area contributed by atoms with E-state index in [-0.39, 0.29) is 35.4 Å². The molecule has 0 N–H and O–H groups in total. The number of carbonyl (C=O) groups is 1. The molecule has 0 radical (unpaired) electrons. The number of nitrogens with zero attached hydrogens (tertiary/aromatic N) is 6. The van der Waals surface area contributed by atoms with Crippen LogP contribution in [0.5, 0.6) is 6.01 Å². The summed E-state index contributed by atoms with van der Waals surface area (Å²) in [6.07, 6.45) is 10.1. The third-order valence-electron chi connectivity index (χ3n) is 10.4. The third kappa shape index (κ3) is 6.11. The number of alkyl halides is 1. The molecule has 0 saturated carbocycles. The number of pyridine rings is 1. The van der Waals surface area contributed by atoms with Gasteiger partial charge in [-0.25, -0.2) is 18.0 Å². The van der Waals surface area contributed by atoms with E-state index in [0.717, 1.165) is 19.4 Å². The first-order chi connectivity index (χ1) is 24.3. The van der Waals surface area contributed by atoms with Gasteiger partial charge >= 0.3 is 12.1 Å². The average Bonchev–Trinajstić information content (AvgIpc) is 3.78. The number of amides is 1. The molecule has 0 aliphatic carbocycles. The van der Waals surface area contributed by atoms with Crippen LogP contribution in [0.1, 0.15) is 52.0 Å². The van der Waals surface area contributed by atoms with Gasteiger partial charge in [-0.15, -0.1) is 13.0 Å². The summed E-state index contributed by atoms with van der Waals surface area (Å²) >= 11 is 0. The smallest absolute Gasteiger partial charge is 0.410 e. The van der Waals surface area contributed by atoms with Gasteiger partial charge in [-0.05, 0) is 58.0 Å². The summed E-state index contributed by atoms with van der Waals surface area (Å²) in [6, 6.07) is 7.18. The Bertz CT molecular complexity index is 2080. The fraction of sp³-hybridized carbons (Fsp3) is 0.436. The first kappa shape index (κ1) is 34.6. The van der Waals surface area contributed by atoms with Crippen LogP contribution in [0.4, 0.5) is 23.8 Å². The molecule has 9 nitrogen and oxygen atoms in total. The molecule has 2 aromatic heterocycles. The lowest BCUT2D eigenvalue weighted by molar-refractivity contribution is 0.0251. The van der Waals surface area contributed by atoms with Gasteiger partial charge in [-0.3, -0.25) is 14.8 Å². The minimum absolute atomic E-state index is 0.00544. The van der Waals surface area contributed by atoms with Gasteiger partial charge in [0, 0.05) is 43.7 Å². The molecule has 3 aliphatic rings. The molecule has 12 heteroatoms. The van der Waals surface area contributed by atoms with Gasteiger partial charge in [-0.1, -0.05) is 36.3 Å². The van der Waals surface area contributed by atoms with Crippen molar-refractivity contribution in [2.24, 2.45) is 0 Å². The maximum atomic E-state index is 17.0. The summed E-state index contributed by atoms with van der Waals surface area (Å²) in [4.78, 5) is 32.7. The maximum Gasteiger partial charge on any atom is 0.410 e. The summed E-state index contributed by atoms with van der Waals surface area (Å²) in [5.74, 6) is 1.38. The zero-order chi connectivity index (χ0) is 36.2. The minimum atomic E-state index is -0.955. The van der Waals surface area contributed by atoms with Gasteiger partial charge in [0.15, 0.2) is 5.82 Å². The van der Waals surface area contributed by atoms with Crippen molar-refractivity contribution in [3.63, 3.8) is 0 Å². The lowest BCUT2D eigenvalue weighted by Gasteiger charge is -2.33. The number of anilines is 1. The molecule has 0 bridgehead atoms. The van der Waals surface area contributed by atoms with E-state index in [1.165, 1.54) is 12.3 Å². The number of benzene rings is 2. The van der Waals surface area contributed by atoms with Crippen molar-refractivity contribution in [2.75, 3.05) is 38.2 Å². The molecular formula is C39H41F3N6O3. The van der Waals surface area contributed by atoms with E-state index in [2.05, 4.69) is 27.4 Å². The fourth-order valence-electron chi connectivity index (χ4n) is 8.08. The minimum Gasteiger partial charge on any atom is -0.461 e. The normalized spacial score (nSPS) is 23.4. The highest BCUT2D eigenvalue weighted by Gasteiger charge is 2.49. The Kier molecular flexibility index (Phi) is 8.82. The number of hydrogen-bond acceptors (Lipinski definition) is 8. The molecule has 7 rings (SSSR count). The van der Waals surface area contributed by atoms with Gasteiger partial charge < -0.3 is 14.4 Å². The number of aromatic nitrogens is 3. The van der Waals surface area contributed by atoms with Crippen LogP contribution < -0.4 is 9.64 Å². The Hall–Kier alpha value is -4.89. The second-order valence-corrected chi connectivity index (χ2v) is 14.7. The van der Waals surface area contributed by atoms with Crippen LogP contribution in [0, 0.1) is 24.0 Å². The highest BCUT2D eigenvalue weighted by molar-refractivity contribution is 6.02. The van der Waals surface area contributed by atoms with Crippen molar-refractivity contribution in [3.8, 4) is 29.6 Å². The van der Waals surface area contributed by atoms with E-state index in [1.807, 2.05) is 32.7 Å². The van der Waals surface area contributed by atoms with Gasteiger partial charge in [0.05, 0.1) is 28.6 Å². The Balaban J connectivity index is 1.33. The van der Waals surface area contributed by atoms with Gasteiger partial charge in [-0.2, -0.15) is 9.97 Å². The lowest BCUT2D eigenvalue weighted by atomic mass is 9.95. The second kappa shape index (κ2) is 13.0. The van der Waals surface area contributed by atoms with Crippen LogP contribution >= 0.6 is 0 Å². The molecule has 266 valence electrons. The number of likely N-dealkylation sites (N-methyl/N-ethyl adjacent to an activating group) is 1. The molecule has 3 fully saturated rings. The molecule has 5 heterocycles. The van der Waals surface area contributed by atoms with E-state index < -0.39 is 41.1 Å². The molecule has 3 saturated heterocycles. The number of hydrogen-bond donors (Lipinski definition) is 0. The van der Waals surface area contributed by atoms with Crippen molar-refractivity contribution < 1.29 is 27.4 Å². The Labute approximate surface area is 295 Å². The van der Waals surface area contributed by atoms with Crippen LogP contribution in [0.25, 0.3) is 32.9 Å². The molecular weight excluding hydrogens is 657 g/mol. The topological polar surface area (TPSA) is 83.9 Å². The number of fused-ring (bicyclic) bond motifs is 3. The van der Waals surface area contributed by atoms with E-state index in [1.54, 1.807) is 35.2 Å². The van der Waals surface area contributed by atoms with Crippen molar-refractivity contribution in [2.45, 2.75) is 75.8 Å². The first-order valence-corrected chi connectivity index (χ1v) is 17.3. The summed E-state index contributed by atoms with van der Waals surface area (Å²) in [7, 11) is 1.81. The predicted octanol–water partition coefficient (Wildman–Crippen LogP) is 7.06. The van der Waals surface area contributed by atoms with E-state index >= 15 is 4.39 Å². The monoisotopic (exact) mass is 698 g/mol. The van der Waals surface area contributed by atoms with E-state index in [0.29, 0.717) is 53.5 Å². The SMILES string of the molecule is C#Cc1c(F)ccc2cccc(-c3ncc4c(N(C)[C@@H]5CCN(C(=O)OC(C)(C)C)[C@@H]5C=C)nc(OC[C@@]56CCCN5C[C@H](F)C6)nc4c3F)c12. The average molecular weight is 699 g/mol. The maximum absolute atomic E-state index is 17.0. The van der Waals surface area contributed by atoms with E-state index in [4.69, 9.17) is 20.9 Å². The number of likely N-dealkylation sites (tertiary alicyclic amines) is 1. The number of terminal acetylenes is 1. The van der Waals surface area contributed by atoms with Gasteiger partial charge in [0.25, 0.3) is 0 Å². The molecule has 1 amide bonds. The number of carbonyl (C=O) groups excluding carboxylic acids is 1. The summed E-state index contributed by atoms with van der Waals surface area (Å²) < 4.78 is 58.4. The molecule has 4 aromatic rings. The lowest BCUT2D eigenvalue weighted by Crippen LogP contribution is -2.46. The van der Waals surface area contributed by atoms with Crippen molar-refractivity contribution in [1.29, 1.82) is 0 Å². The zero-order valence-electron chi connectivity index (χ0n) is 29.3. The van der Waals surface area contributed by atoms with Crippen molar-refractivity contribution >= 4 is 33.6 Å². The Morgan fingerprint density at radius 2 is 2.02 bits per heavy atom. The molecule has 4 atom stereocenters. The van der Waals surface area contributed by atoms with Crippen molar-refractivity contribution in [1.82, 2.24) is 24.8 Å². The summed E-state index contributed by atoms with van der Waals surface area (Å²) in [6.45, 7) is 11.1. The van der Waals surface area contributed by atoms with Crippen molar-refractivity contribution in [3.05, 3.63) is 66.4 Å². The fourth-order valence-corrected chi connectivity index (χ4v) is 8.08. The summed E-state index contributed by atoms with van der Waals surface area (Å²) in [5.41, 5.74) is -0.980. The molecule has 3 aliphatic heterocycles. The second-order valence-electron chi connectivity index (χ2n) is 14.7. The van der Waals surface area contributed by atoms with Crippen LogP contribution in [0.3, 0.4) is 0 Å². The van der Waals surface area contributed by atoms with Gasteiger partial charge in [0.1, 0.15) is 41.2 Å². The molecule has 0 unspecified atom stereocenters. The van der Waals surface area contributed by atoms with Crippen LogP contribution in [-0.4, -0.2) is 93.5 Å². The zero-order valence-corrected chi connectivity index (χ0v) is 29.3.